The van der Waals surface area contributed by atoms with E-state index in [1.165, 1.54) is 10.8 Å². The van der Waals surface area contributed by atoms with Crippen molar-refractivity contribution in [2.45, 2.75) is 0 Å². The van der Waals surface area contributed by atoms with Gasteiger partial charge >= 0.3 is 0 Å². The number of aryl methyl sites for hydroxylation is 1. The van der Waals surface area contributed by atoms with E-state index in [4.69, 9.17) is 14.2 Å². The molecule has 0 saturated carbocycles. The lowest BCUT2D eigenvalue weighted by atomic mass is 9.96. The van der Waals surface area contributed by atoms with Crippen LogP contribution in [0.5, 0.6) is 17.2 Å². The summed E-state index contributed by atoms with van der Waals surface area (Å²) in [6, 6.07) is 20.5. The zero-order chi connectivity index (χ0) is 17.7. The van der Waals surface area contributed by atoms with Crippen molar-refractivity contribution in [1.82, 2.24) is 0 Å². The molecule has 1 aliphatic rings. The molecule has 128 valence electrons. The predicted molar refractivity (Wildman–Crippen MR) is 101 cm³/mol. The van der Waals surface area contributed by atoms with Gasteiger partial charge < -0.3 is 14.2 Å². The molecule has 1 aliphatic heterocycles. The minimum Gasteiger partial charge on any atom is -0.467 e. The maximum atomic E-state index is 6.18. The molecule has 0 amide bonds. The van der Waals surface area contributed by atoms with E-state index < -0.39 is 0 Å². The molecule has 0 N–H and O–H groups in total. The second kappa shape index (κ2) is 5.71. The molecule has 4 aromatic rings. The first-order valence-electron chi connectivity index (χ1n) is 8.55. The number of nitrogens with zero attached hydrogens (tertiary/aromatic N) is 1. The largest absolute Gasteiger partial charge is 0.467 e. The van der Waals surface area contributed by atoms with Crippen LogP contribution >= 0.6 is 0 Å². The lowest BCUT2D eigenvalue weighted by Crippen LogP contribution is -2.33. The third-order valence-electron chi connectivity index (χ3n) is 4.92. The van der Waals surface area contributed by atoms with Crippen molar-refractivity contribution < 1.29 is 18.8 Å². The maximum absolute atomic E-state index is 6.18. The van der Waals surface area contributed by atoms with Gasteiger partial charge in [0.15, 0.2) is 6.79 Å². The normalized spacial score (nSPS) is 12.1. The molecule has 0 fully saturated rings. The monoisotopic (exact) mass is 344 g/mol. The molecule has 4 nitrogen and oxygen atoms in total. The molecule has 4 heteroatoms. The van der Waals surface area contributed by atoms with Crippen molar-refractivity contribution >= 4 is 21.7 Å². The summed E-state index contributed by atoms with van der Waals surface area (Å²) in [6.45, 7) is 0.233. The summed E-state index contributed by atoms with van der Waals surface area (Å²) in [5.41, 5.74) is 3.37. The average Bonchev–Trinajstić information content (AvgIpc) is 2.69. The Morgan fingerprint density at radius 3 is 2.65 bits per heavy atom. The lowest BCUT2D eigenvalue weighted by Gasteiger charge is -2.20. The molecule has 5 rings (SSSR count). The highest BCUT2D eigenvalue weighted by Gasteiger charge is 2.29. The minimum atomic E-state index is 0.233. The van der Waals surface area contributed by atoms with Crippen LogP contribution in [-0.4, -0.2) is 13.9 Å². The first-order valence-corrected chi connectivity index (χ1v) is 8.55. The van der Waals surface area contributed by atoms with Crippen LogP contribution in [0.4, 0.5) is 0 Å². The Morgan fingerprint density at radius 1 is 0.923 bits per heavy atom. The summed E-state index contributed by atoms with van der Waals surface area (Å²) >= 11 is 0. The van der Waals surface area contributed by atoms with E-state index in [2.05, 4.69) is 35.9 Å². The van der Waals surface area contributed by atoms with E-state index in [0.717, 1.165) is 39.4 Å². The van der Waals surface area contributed by atoms with Crippen molar-refractivity contribution in [3.63, 3.8) is 0 Å². The van der Waals surface area contributed by atoms with Gasteiger partial charge in [-0.25, -0.2) is 0 Å². The molecular formula is C22H18NO3+. The van der Waals surface area contributed by atoms with Crippen molar-refractivity contribution in [3.8, 4) is 28.5 Å². The van der Waals surface area contributed by atoms with E-state index in [9.17, 15) is 0 Å². The summed E-state index contributed by atoms with van der Waals surface area (Å²) in [4.78, 5) is 0. The van der Waals surface area contributed by atoms with E-state index in [-0.39, 0.29) is 6.79 Å². The predicted octanol–water partition coefficient (Wildman–Crippen LogP) is 4.57. The Bertz CT molecular complexity index is 1170. The van der Waals surface area contributed by atoms with E-state index in [1.807, 2.05) is 36.4 Å². The molecule has 26 heavy (non-hydrogen) atoms. The van der Waals surface area contributed by atoms with Gasteiger partial charge in [-0.2, -0.15) is 4.57 Å². The van der Waals surface area contributed by atoms with Crippen molar-refractivity contribution in [2.24, 2.45) is 7.05 Å². The van der Waals surface area contributed by atoms with Crippen molar-refractivity contribution in [1.29, 1.82) is 0 Å². The van der Waals surface area contributed by atoms with Gasteiger partial charge in [-0.05, 0) is 30.3 Å². The summed E-state index contributed by atoms with van der Waals surface area (Å²) in [7, 11) is 3.72. The number of fused-ring (bicyclic) bond motifs is 4. The number of methoxy groups -OCH3 is 1. The Kier molecular flexibility index (Phi) is 3.33. The Morgan fingerprint density at radius 2 is 1.77 bits per heavy atom. The SMILES string of the molecule is COCOc1ccc2c3cccc4c3c([n+](C)c2c1)-c1ccccc1O4. The molecule has 2 heterocycles. The quantitative estimate of drug-likeness (QED) is 0.273. The van der Waals surface area contributed by atoms with Crippen molar-refractivity contribution in [2.75, 3.05) is 13.9 Å². The fourth-order valence-electron chi connectivity index (χ4n) is 3.79. The summed E-state index contributed by atoms with van der Waals surface area (Å²) in [5, 5.41) is 3.49. The first kappa shape index (κ1) is 15.2. The maximum Gasteiger partial charge on any atom is 0.228 e. The fourth-order valence-corrected chi connectivity index (χ4v) is 3.79. The van der Waals surface area contributed by atoms with Gasteiger partial charge in [0.2, 0.25) is 11.2 Å². The zero-order valence-corrected chi connectivity index (χ0v) is 14.7. The summed E-state index contributed by atoms with van der Waals surface area (Å²) < 4.78 is 19.1. The summed E-state index contributed by atoms with van der Waals surface area (Å²) in [6.07, 6.45) is 0. The molecule has 0 aliphatic carbocycles. The van der Waals surface area contributed by atoms with Gasteiger partial charge in [0.1, 0.15) is 24.3 Å². The molecule has 0 bridgehead atoms. The minimum absolute atomic E-state index is 0.233. The highest BCUT2D eigenvalue weighted by atomic mass is 16.7. The van der Waals surface area contributed by atoms with Crippen LogP contribution in [0.15, 0.2) is 60.7 Å². The molecule has 0 saturated heterocycles. The molecule has 0 radical (unpaired) electrons. The van der Waals surface area contributed by atoms with Gasteiger partial charge in [0.05, 0.1) is 22.4 Å². The number of benzene rings is 3. The number of hydrogen-bond acceptors (Lipinski definition) is 3. The third-order valence-corrected chi connectivity index (χ3v) is 4.92. The van der Waals surface area contributed by atoms with Crippen LogP contribution in [0.25, 0.3) is 32.9 Å². The van der Waals surface area contributed by atoms with Gasteiger partial charge in [-0.3, -0.25) is 0 Å². The van der Waals surface area contributed by atoms with Crippen LogP contribution < -0.4 is 14.0 Å². The number of hydrogen-bond donors (Lipinski definition) is 0. The number of ether oxygens (including phenoxy) is 3. The Balaban J connectivity index is 1.90. The topological polar surface area (TPSA) is 31.6 Å². The molecule has 1 aromatic heterocycles. The van der Waals surface area contributed by atoms with E-state index in [0.29, 0.717) is 0 Å². The van der Waals surface area contributed by atoms with Gasteiger partial charge in [0, 0.05) is 12.5 Å². The zero-order valence-electron chi connectivity index (χ0n) is 14.7. The van der Waals surface area contributed by atoms with Crippen LogP contribution in [0.1, 0.15) is 0 Å². The highest BCUT2D eigenvalue weighted by molar-refractivity contribution is 6.12. The van der Waals surface area contributed by atoms with Gasteiger partial charge in [-0.15, -0.1) is 0 Å². The van der Waals surface area contributed by atoms with Crippen LogP contribution in [-0.2, 0) is 11.8 Å². The van der Waals surface area contributed by atoms with E-state index in [1.54, 1.807) is 7.11 Å². The van der Waals surface area contributed by atoms with E-state index >= 15 is 0 Å². The van der Waals surface area contributed by atoms with Crippen molar-refractivity contribution in [3.05, 3.63) is 60.7 Å². The molecular weight excluding hydrogens is 326 g/mol. The summed E-state index contributed by atoms with van der Waals surface area (Å²) in [5.74, 6) is 2.57. The van der Waals surface area contributed by atoms with Crippen LogP contribution in [0.2, 0.25) is 0 Å². The Labute approximate surface area is 151 Å². The highest BCUT2D eigenvalue weighted by Crippen LogP contribution is 2.46. The van der Waals surface area contributed by atoms with Crippen LogP contribution in [0.3, 0.4) is 0 Å². The average molecular weight is 344 g/mol. The third kappa shape index (κ3) is 2.09. The van der Waals surface area contributed by atoms with Gasteiger partial charge in [0.25, 0.3) is 0 Å². The number of rotatable bonds is 3. The second-order valence-corrected chi connectivity index (χ2v) is 6.41. The number of para-hydroxylation sites is 1. The smallest absolute Gasteiger partial charge is 0.228 e. The molecule has 0 unspecified atom stereocenters. The number of pyridine rings is 1. The van der Waals surface area contributed by atoms with Crippen LogP contribution in [0, 0.1) is 0 Å². The van der Waals surface area contributed by atoms with Gasteiger partial charge in [-0.1, -0.05) is 24.3 Å². The Hall–Kier alpha value is -3.11. The molecule has 0 atom stereocenters. The second-order valence-electron chi connectivity index (χ2n) is 6.41. The fraction of sp³-hybridized carbons (Fsp3) is 0.136. The molecule has 0 spiro atoms. The molecule has 3 aromatic carbocycles. The number of aromatic nitrogens is 1. The standard InChI is InChI=1S/C22H18NO3/c1-23-18-12-14(25-13-24-2)10-11-15(18)16-7-5-9-20-21(16)22(23)17-6-3-4-8-19(17)26-20/h3-12H,13H2,1-2H3/q+1. The lowest BCUT2D eigenvalue weighted by molar-refractivity contribution is -0.632. The first-order chi connectivity index (χ1) is 12.8.